The standard InChI is InChI=1S/C20H30FN3O3S/c1-15-5-3-8-19(16(15)2)22-20(25)14-23-9-11-24(12-10-23)28(26,27)18-7-4-6-17(21)13-18/h4,6-7,13,15-16,19H,3,5,8-12,14H2,1-2H3,(H,22,25)/t15-,16+,19-/m1/s1. The first-order valence-corrected chi connectivity index (χ1v) is 11.5. The lowest BCUT2D eigenvalue weighted by Crippen LogP contribution is -2.52. The lowest BCUT2D eigenvalue weighted by molar-refractivity contribution is -0.124. The summed E-state index contributed by atoms with van der Waals surface area (Å²) in [7, 11) is -3.71. The van der Waals surface area contributed by atoms with Crippen LogP contribution in [0.4, 0.5) is 4.39 Å². The molecular formula is C20H30FN3O3S. The van der Waals surface area contributed by atoms with Gasteiger partial charge in [0.2, 0.25) is 15.9 Å². The molecule has 6 nitrogen and oxygen atoms in total. The lowest BCUT2D eigenvalue weighted by atomic mass is 9.78. The highest BCUT2D eigenvalue weighted by Crippen LogP contribution is 2.29. The number of carbonyl (C=O) groups excluding carboxylic acids is 1. The molecule has 156 valence electrons. The molecule has 3 atom stereocenters. The zero-order valence-corrected chi connectivity index (χ0v) is 17.4. The van der Waals surface area contributed by atoms with Crippen LogP contribution in [0.3, 0.4) is 0 Å². The number of hydrogen-bond donors (Lipinski definition) is 1. The van der Waals surface area contributed by atoms with Crippen LogP contribution in [0.1, 0.15) is 33.1 Å². The fourth-order valence-corrected chi connectivity index (χ4v) is 5.60. The third kappa shape index (κ3) is 4.90. The zero-order valence-electron chi connectivity index (χ0n) is 16.6. The molecule has 0 radical (unpaired) electrons. The van der Waals surface area contributed by atoms with Crippen molar-refractivity contribution in [2.75, 3.05) is 32.7 Å². The quantitative estimate of drug-likeness (QED) is 0.805. The van der Waals surface area contributed by atoms with Crippen LogP contribution in [-0.4, -0.2) is 62.3 Å². The van der Waals surface area contributed by atoms with Gasteiger partial charge >= 0.3 is 0 Å². The largest absolute Gasteiger partial charge is 0.352 e. The second kappa shape index (κ2) is 8.88. The van der Waals surface area contributed by atoms with Gasteiger partial charge < -0.3 is 5.32 Å². The van der Waals surface area contributed by atoms with Gasteiger partial charge in [-0.3, -0.25) is 9.69 Å². The summed E-state index contributed by atoms with van der Waals surface area (Å²) in [5.41, 5.74) is 0. The molecule has 1 saturated carbocycles. The van der Waals surface area contributed by atoms with Crippen molar-refractivity contribution in [2.24, 2.45) is 11.8 Å². The number of carbonyl (C=O) groups is 1. The average Bonchev–Trinajstić information content (AvgIpc) is 2.66. The molecule has 2 aliphatic rings. The predicted octanol–water partition coefficient (Wildman–Crippen LogP) is 2.07. The van der Waals surface area contributed by atoms with Gasteiger partial charge in [-0.05, 0) is 36.5 Å². The SMILES string of the molecule is C[C@H]1[C@H](C)CCC[C@H]1NC(=O)CN1CCN(S(=O)(=O)c2cccc(F)c2)CC1. The van der Waals surface area contributed by atoms with Crippen molar-refractivity contribution in [3.63, 3.8) is 0 Å². The molecule has 8 heteroatoms. The first kappa shape index (κ1) is 21.2. The highest BCUT2D eigenvalue weighted by molar-refractivity contribution is 7.89. The van der Waals surface area contributed by atoms with E-state index in [1.165, 1.54) is 28.9 Å². The van der Waals surface area contributed by atoms with Crippen molar-refractivity contribution in [1.82, 2.24) is 14.5 Å². The number of sulfonamides is 1. The monoisotopic (exact) mass is 411 g/mol. The molecule has 1 amide bonds. The summed E-state index contributed by atoms with van der Waals surface area (Å²) in [5.74, 6) is 0.539. The van der Waals surface area contributed by atoms with E-state index in [0.717, 1.165) is 18.9 Å². The number of hydrogen-bond acceptors (Lipinski definition) is 4. The van der Waals surface area contributed by atoms with E-state index in [-0.39, 0.29) is 23.4 Å². The summed E-state index contributed by atoms with van der Waals surface area (Å²) in [6.07, 6.45) is 3.39. The molecule has 1 aliphatic carbocycles. The topological polar surface area (TPSA) is 69.7 Å². The van der Waals surface area contributed by atoms with Gasteiger partial charge in [-0.2, -0.15) is 4.31 Å². The molecule has 1 aromatic rings. The van der Waals surface area contributed by atoms with Gasteiger partial charge in [0.05, 0.1) is 11.4 Å². The highest BCUT2D eigenvalue weighted by Gasteiger charge is 2.31. The van der Waals surface area contributed by atoms with Crippen molar-refractivity contribution in [2.45, 2.75) is 44.0 Å². The normalized spacial score (nSPS) is 27.5. The Morgan fingerprint density at radius 1 is 1.18 bits per heavy atom. The Bertz CT molecular complexity index is 794. The van der Waals surface area contributed by atoms with Gasteiger partial charge in [-0.15, -0.1) is 0 Å². The van der Waals surface area contributed by atoms with E-state index < -0.39 is 15.8 Å². The van der Waals surface area contributed by atoms with Crippen LogP contribution in [-0.2, 0) is 14.8 Å². The van der Waals surface area contributed by atoms with Gasteiger partial charge in [-0.1, -0.05) is 32.8 Å². The maximum atomic E-state index is 13.4. The van der Waals surface area contributed by atoms with Gasteiger partial charge in [0.1, 0.15) is 5.82 Å². The molecule has 1 N–H and O–H groups in total. The fraction of sp³-hybridized carbons (Fsp3) is 0.650. The molecule has 3 rings (SSSR count). The van der Waals surface area contributed by atoms with E-state index in [4.69, 9.17) is 0 Å². The van der Waals surface area contributed by atoms with Gasteiger partial charge in [0, 0.05) is 32.2 Å². The van der Waals surface area contributed by atoms with E-state index >= 15 is 0 Å². The van der Waals surface area contributed by atoms with Gasteiger partial charge in [-0.25, -0.2) is 12.8 Å². The van der Waals surface area contributed by atoms with E-state index in [1.54, 1.807) is 0 Å². The Morgan fingerprint density at radius 2 is 1.89 bits per heavy atom. The van der Waals surface area contributed by atoms with Crippen LogP contribution in [0.15, 0.2) is 29.2 Å². The second-order valence-electron chi connectivity index (χ2n) is 8.08. The van der Waals surface area contributed by atoms with Crippen LogP contribution >= 0.6 is 0 Å². The Kier molecular flexibility index (Phi) is 6.73. The highest BCUT2D eigenvalue weighted by atomic mass is 32.2. The molecule has 0 aromatic heterocycles. The first-order chi connectivity index (χ1) is 13.3. The summed E-state index contributed by atoms with van der Waals surface area (Å²) in [5, 5.41) is 3.17. The molecule has 1 aromatic carbocycles. The van der Waals surface area contributed by atoms with Gasteiger partial charge in [0.25, 0.3) is 0 Å². The molecule has 0 unspecified atom stereocenters. The zero-order chi connectivity index (χ0) is 20.3. The second-order valence-corrected chi connectivity index (χ2v) is 10.0. The molecule has 2 fully saturated rings. The molecule has 1 aliphatic heterocycles. The number of piperazine rings is 1. The van der Waals surface area contributed by atoms with E-state index in [2.05, 4.69) is 19.2 Å². The van der Waals surface area contributed by atoms with Crippen molar-refractivity contribution in [3.05, 3.63) is 30.1 Å². The summed E-state index contributed by atoms with van der Waals surface area (Å²) < 4.78 is 40.1. The summed E-state index contributed by atoms with van der Waals surface area (Å²) >= 11 is 0. The molecule has 0 bridgehead atoms. The number of nitrogens with one attached hydrogen (secondary N) is 1. The maximum absolute atomic E-state index is 13.4. The minimum atomic E-state index is -3.71. The van der Waals surface area contributed by atoms with Crippen LogP contribution < -0.4 is 5.32 Å². The number of nitrogens with zero attached hydrogens (tertiary/aromatic N) is 2. The average molecular weight is 412 g/mol. The number of amides is 1. The molecular weight excluding hydrogens is 381 g/mol. The van der Waals surface area contributed by atoms with Gasteiger partial charge in [0.15, 0.2) is 0 Å². The Hall–Kier alpha value is -1.51. The molecule has 28 heavy (non-hydrogen) atoms. The Labute approximate surface area is 167 Å². The molecule has 1 saturated heterocycles. The number of halogens is 1. The first-order valence-electron chi connectivity index (χ1n) is 10.0. The Balaban J connectivity index is 1.50. The minimum Gasteiger partial charge on any atom is -0.352 e. The van der Waals surface area contributed by atoms with E-state index in [1.807, 2.05) is 4.90 Å². The summed E-state index contributed by atoms with van der Waals surface area (Å²) in [6, 6.07) is 5.30. The van der Waals surface area contributed by atoms with Crippen LogP contribution in [0.2, 0.25) is 0 Å². The van der Waals surface area contributed by atoms with Crippen LogP contribution in [0, 0.1) is 17.7 Å². The van der Waals surface area contributed by atoms with E-state index in [9.17, 15) is 17.6 Å². The van der Waals surface area contributed by atoms with Crippen LogP contribution in [0.5, 0.6) is 0 Å². The van der Waals surface area contributed by atoms with Crippen molar-refractivity contribution in [3.8, 4) is 0 Å². The summed E-state index contributed by atoms with van der Waals surface area (Å²) in [6.45, 7) is 6.28. The van der Waals surface area contributed by atoms with Crippen molar-refractivity contribution >= 4 is 15.9 Å². The third-order valence-corrected chi connectivity index (χ3v) is 8.08. The predicted molar refractivity (Wildman–Crippen MR) is 106 cm³/mol. The van der Waals surface area contributed by atoms with E-state index in [0.29, 0.717) is 38.0 Å². The van der Waals surface area contributed by atoms with Crippen molar-refractivity contribution in [1.29, 1.82) is 0 Å². The lowest BCUT2D eigenvalue weighted by Gasteiger charge is -2.36. The van der Waals surface area contributed by atoms with Crippen molar-refractivity contribution < 1.29 is 17.6 Å². The minimum absolute atomic E-state index is 0.00684. The number of benzene rings is 1. The number of rotatable bonds is 5. The molecule has 1 heterocycles. The fourth-order valence-electron chi connectivity index (χ4n) is 4.15. The van der Waals surface area contributed by atoms with Crippen LogP contribution in [0.25, 0.3) is 0 Å². The Morgan fingerprint density at radius 3 is 2.57 bits per heavy atom. The summed E-state index contributed by atoms with van der Waals surface area (Å²) in [4.78, 5) is 14.4. The smallest absolute Gasteiger partial charge is 0.243 e. The molecule has 0 spiro atoms. The maximum Gasteiger partial charge on any atom is 0.243 e. The third-order valence-electron chi connectivity index (χ3n) is 6.19.